The van der Waals surface area contributed by atoms with Crippen molar-refractivity contribution in [3.05, 3.63) is 64.7 Å². The Balaban J connectivity index is 2.08. The molecule has 0 fully saturated rings. The highest BCUT2D eigenvalue weighted by atomic mass is 16.5. The summed E-state index contributed by atoms with van der Waals surface area (Å²) in [6, 6.07) is 16.0. The third-order valence-corrected chi connectivity index (χ3v) is 4.90. The smallest absolute Gasteiger partial charge is 0.119 e. The fourth-order valence-electron chi connectivity index (χ4n) is 3.53. The van der Waals surface area contributed by atoms with Gasteiger partial charge in [0.05, 0.1) is 7.11 Å². The second-order valence-electron chi connectivity index (χ2n) is 6.24. The molecule has 0 aromatic heterocycles. The van der Waals surface area contributed by atoms with E-state index in [0.717, 1.165) is 25.0 Å². The third kappa shape index (κ3) is 2.89. The molecule has 1 aliphatic carbocycles. The fourth-order valence-corrected chi connectivity index (χ4v) is 3.53. The van der Waals surface area contributed by atoms with Crippen LogP contribution < -0.4 is 10.1 Å². The maximum Gasteiger partial charge on any atom is 0.119 e. The monoisotopic (exact) mass is 295 g/mol. The van der Waals surface area contributed by atoms with Crippen LogP contribution in [0.15, 0.2) is 42.5 Å². The van der Waals surface area contributed by atoms with Gasteiger partial charge < -0.3 is 10.1 Å². The van der Waals surface area contributed by atoms with Crippen LogP contribution in [0.5, 0.6) is 5.75 Å². The first kappa shape index (κ1) is 15.1. The predicted molar refractivity (Wildman–Crippen MR) is 91.8 cm³/mol. The van der Waals surface area contributed by atoms with Crippen LogP contribution in [-0.4, -0.2) is 20.2 Å². The first-order chi connectivity index (χ1) is 10.7. The van der Waals surface area contributed by atoms with Gasteiger partial charge in [-0.1, -0.05) is 30.3 Å². The van der Waals surface area contributed by atoms with E-state index in [4.69, 9.17) is 4.74 Å². The summed E-state index contributed by atoms with van der Waals surface area (Å²) in [5.41, 5.74) is 5.89. The van der Waals surface area contributed by atoms with Crippen molar-refractivity contribution >= 4 is 0 Å². The Bertz CT molecular complexity index is 650. The lowest BCUT2D eigenvalue weighted by Crippen LogP contribution is -2.24. The molecule has 0 amide bonds. The molecular formula is C20H25NO. The zero-order valence-electron chi connectivity index (χ0n) is 13.7. The van der Waals surface area contributed by atoms with Gasteiger partial charge in [-0.05, 0) is 67.6 Å². The van der Waals surface area contributed by atoms with Gasteiger partial charge in [0.1, 0.15) is 5.75 Å². The molecule has 116 valence electrons. The number of ether oxygens (including phenoxy) is 1. The average molecular weight is 295 g/mol. The molecule has 2 heteroatoms. The van der Waals surface area contributed by atoms with E-state index in [2.05, 4.69) is 54.7 Å². The molecule has 0 spiro atoms. The predicted octanol–water partition coefficient (Wildman–Crippen LogP) is 3.92. The number of benzene rings is 2. The summed E-state index contributed by atoms with van der Waals surface area (Å²) in [5.74, 6) is 1.42. The van der Waals surface area contributed by atoms with E-state index in [0.29, 0.717) is 12.0 Å². The van der Waals surface area contributed by atoms with Crippen LogP contribution in [0.1, 0.15) is 41.5 Å². The summed E-state index contributed by atoms with van der Waals surface area (Å²) in [6.45, 7) is 2.26. The van der Waals surface area contributed by atoms with E-state index in [-0.39, 0.29) is 0 Å². The van der Waals surface area contributed by atoms with Crippen molar-refractivity contribution in [2.24, 2.45) is 0 Å². The second-order valence-corrected chi connectivity index (χ2v) is 6.24. The van der Waals surface area contributed by atoms with Crippen LogP contribution in [0.2, 0.25) is 0 Å². The van der Waals surface area contributed by atoms with Crippen molar-refractivity contribution in [3.8, 4) is 5.75 Å². The van der Waals surface area contributed by atoms with Crippen LogP contribution in [0, 0.1) is 0 Å². The van der Waals surface area contributed by atoms with Gasteiger partial charge >= 0.3 is 0 Å². The van der Waals surface area contributed by atoms with Gasteiger partial charge in [0.15, 0.2) is 0 Å². The molecule has 2 nitrogen and oxygen atoms in total. The number of fused-ring (bicyclic) bond motifs is 2. The molecular weight excluding hydrogens is 270 g/mol. The van der Waals surface area contributed by atoms with Gasteiger partial charge in [-0.2, -0.15) is 0 Å². The lowest BCUT2D eigenvalue weighted by molar-refractivity contribution is 0.414. The molecule has 0 saturated heterocycles. The molecule has 0 heterocycles. The number of nitrogens with one attached hydrogen (secondary N) is 1. The molecule has 3 rings (SSSR count). The summed E-state index contributed by atoms with van der Waals surface area (Å²) < 4.78 is 5.42. The van der Waals surface area contributed by atoms with Gasteiger partial charge in [0, 0.05) is 12.0 Å². The Morgan fingerprint density at radius 2 is 1.82 bits per heavy atom. The Labute approximate surface area is 133 Å². The molecule has 2 aromatic rings. The van der Waals surface area contributed by atoms with Crippen LogP contribution in [0.3, 0.4) is 0 Å². The van der Waals surface area contributed by atoms with E-state index < -0.39 is 0 Å². The Hall–Kier alpha value is -1.80. The van der Waals surface area contributed by atoms with Crippen molar-refractivity contribution in [3.63, 3.8) is 0 Å². The van der Waals surface area contributed by atoms with Crippen molar-refractivity contribution < 1.29 is 4.74 Å². The van der Waals surface area contributed by atoms with E-state index >= 15 is 0 Å². The quantitative estimate of drug-likeness (QED) is 0.923. The second kappa shape index (κ2) is 6.53. The van der Waals surface area contributed by atoms with E-state index in [1.165, 1.54) is 22.3 Å². The highest BCUT2D eigenvalue weighted by Gasteiger charge is 2.25. The number of methoxy groups -OCH3 is 1. The Kier molecular flexibility index (Phi) is 4.49. The van der Waals surface area contributed by atoms with Crippen molar-refractivity contribution in [2.75, 3.05) is 14.2 Å². The summed E-state index contributed by atoms with van der Waals surface area (Å²) >= 11 is 0. The molecule has 0 bridgehead atoms. The number of rotatable bonds is 4. The van der Waals surface area contributed by atoms with E-state index in [9.17, 15) is 0 Å². The minimum atomic E-state index is 0.460. The van der Waals surface area contributed by atoms with Crippen molar-refractivity contribution in [1.29, 1.82) is 0 Å². The molecule has 0 saturated carbocycles. The van der Waals surface area contributed by atoms with Crippen LogP contribution in [-0.2, 0) is 12.8 Å². The average Bonchev–Trinajstić information content (AvgIpc) is 2.72. The van der Waals surface area contributed by atoms with Gasteiger partial charge in [0.25, 0.3) is 0 Å². The SMILES string of the molecule is CNC(C)CC1c2ccccc2CCc2cc(OC)ccc21. The standard InChI is InChI=1S/C20H25NO/c1-14(21-2)12-20-18-7-5-4-6-15(18)8-9-16-13-17(22-3)10-11-19(16)20/h4-7,10-11,13-14,20-21H,8-9,12H2,1-3H3. The highest BCUT2D eigenvalue weighted by molar-refractivity contribution is 5.47. The van der Waals surface area contributed by atoms with Crippen LogP contribution >= 0.6 is 0 Å². The number of hydrogen-bond acceptors (Lipinski definition) is 2. The molecule has 22 heavy (non-hydrogen) atoms. The van der Waals surface area contributed by atoms with E-state index in [1.807, 2.05) is 7.05 Å². The van der Waals surface area contributed by atoms with Crippen molar-refractivity contribution in [2.45, 2.75) is 38.1 Å². The first-order valence-electron chi connectivity index (χ1n) is 8.14. The molecule has 2 aromatic carbocycles. The lowest BCUT2D eigenvalue weighted by atomic mass is 9.84. The van der Waals surface area contributed by atoms with Crippen molar-refractivity contribution in [1.82, 2.24) is 5.32 Å². The fraction of sp³-hybridized carbons (Fsp3) is 0.400. The molecule has 2 atom stereocenters. The first-order valence-corrected chi connectivity index (χ1v) is 8.14. The summed E-state index contributed by atoms with van der Waals surface area (Å²) in [5, 5.41) is 3.39. The minimum Gasteiger partial charge on any atom is -0.497 e. The molecule has 1 aliphatic rings. The summed E-state index contributed by atoms with van der Waals surface area (Å²) in [6.07, 6.45) is 3.32. The normalized spacial score (nSPS) is 18.0. The van der Waals surface area contributed by atoms with Gasteiger partial charge in [-0.3, -0.25) is 0 Å². The van der Waals surface area contributed by atoms with Gasteiger partial charge in [-0.25, -0.2) is 0 Å². The topological polar surface area (TPSA) is 21.3 Å². The summed E-state index contributed by atoms with van der Waals surface area (Å²) in [4.78, 5) is 0. The molecule has 1 N–H and O–H groups in total. The summed E-state index contributed by atoms with van der Waals surface area (Å²) in [7, 11) is 3.79. The van der Waals surface area contributed by atoms with Gasteiger partial charge in [0.2, 0.25) is 0 Å². The van der Waals surface area contributed by atoms with E-state index in [1.54, 1.807) is 7.11 Å². The largest absolute Gasteiger partial charge is 0.497 e. The number of hydrogen-bond donors (Lipinski definition) is 1. The zero-order chi connectivity index (χ0) is 15.5. The maximum absolute atomic E-state index is 5.42. The zero-order valence-corrected chi connectivity index (χ0v) is 13.7. The molecule has 0 aliphatic heterocycles. The Morgan fingerprint density at radius 3 is 2.59 bits per heavy atom. The number of aryl methyl sites for hydroxylation is 2. The maximum atomic E-state index is 5.42. The lowest BCUT2D eigenvalue weighted by Gasteiger charge is -2.24. The highest BCUT2D eigenvalue weighted by Crippen LogP contribution is 2.38. The molecule has 2 unspecified atom stereocenters. The minimum absolute atomic E-state index is 0.460. The molecule has 0 radical (unpaired) electrons. The third-order valence-electron chi connectivity index (χ3n) is 4.90. The van der Waals surface area contributed by atoms with Crippen LogP contribution in [0.4, 0.5) is 0 Å². The van der Waals surface area contributed by atoms with Crippen LogP contribution in [0.25, 0.3) is 0 Å². The van der Waals surface area contributed by atoms with Gasteiger partial charge in [-0.15, -0.1) is 0 Å². The Morgan fingerprint density at radius 1 is 1.09 bits per heavy atom.